The van der Waals surface area contributed by atoms with Crippen molar-refractivity contribution in [2.24, 2.45) is 0 Å². The van der Waals surface area contributed by atoms with Gasteiger partial charge in [-0.25, -0.2) is 4.79 Å². The molecule has 0 aliphatic rings. The summed E-state index contributed by atoms with van der Waals surface area (Å²) in [7, 11) is 0. The maximum atomic E-state index is 12.2. The van der Waals surface area contributed by atoms with Gasteiger partial charge in [-0.2, -0.15) is 8.75 Å². The van der Waals surface area contributed by atoms with Gasteiger partial charge in [0.1, 0.15) is 17.6 Å². The van der Waals surface area contributed by atoms with Crippen LogP contribution in [0, 0.1) is 0 Å². The molecule has 1 aromatic heterocycles. The first-order chi connectivity index (χ1) is 12.3. The minimum atomic E-state index is -0.324. The number of hydrogen-bond donors (Lipinski definition) is 0. The molecule has 0 aliphatic heterocycles. The fourth-order valence-corrected chi connectivity index (χ4v) is 3.08. The molecule has 4 aromatic rings. The van der Waals surface area contributed by atoms with Crippen LogP contribution in [-0.4, -0.2) is 14.7 Å². The Labute approximate surface area is 149 Å². The third-order valence-corrected chi connectivity index (χ3v) is 4.48. The van der Waals surface area contributed by atoms with E-state index in [0.717, 1.165) is 27.7 Å². The normalized spacial score (nSPS) is 10.7. The Hall–Kier alpha value is -3.05. The van der Waals surface area contributed by atoms with Gasteiger partial charge in [0, 0.05) is 0 Å². The van der Waals surface area contributed by atoms with Crippen LogP contribution >= 0.6 is 11.7 Å². The minimum absolute atomic E-state index is 0.273. The Morgan fingerprint density at radius 2 is 1.56 bits per heavy atom. The first-order valence-electron chi connectivity index (χ1n) is 7.83. The summed E-state index contributed by atoms with van der Waals surface area (Å²) in [5.74, 6) is -0.324. The van der Waals surface area contributed by atoms with Crippen molar-refractivity contribution in [2.45, 2.75) is 6.61 Å². The second kappa shape index (κ2) is 6.83. The standard InChI is InChI=1S/C20H14N2O2S/c23-20(24-13-14-4-2-1-3-5-14)16-8-6-15(7-9-16)17-10-11-18-19(12-17)22-25-21-18/h1-12H,13H2. The van der Waals surface area contributed by atoms with Gasteiger partial charge in [-0.1, -0.05) is 48.5 Å². The van der Waals surface area contributed by atoms with E-state index in [1.54, 1.807) is 12.1 Å². The van der Waals surface area contributed by atoms with Crippen molar-refractivity contribution < 1.29 is 9.53 Å². The molecule has 0 saturated carbocycles. The number of rotatable bonds is 4. The zero-order chi connectivity index (χ0) is 17.1. The molecular weight excluding hydrogens is 332 g/mol. The van der Waals surface area contributed by atoms with E-state index in [-0.39, 0.29) is 12.6 Å². The largest absolute Gasteiger partial charge is 0.457 e. The molecule has 0 fully saturated rings. The number of carbonyl (C=O) groups excluding carboxylic acids is 1. The summed E-state index contributed by atoms with van der Waals surface area (Å²) < 4.78 is 13.8. The Morgan fingerprint density at radius 1 is 0.840 bits per heavy atom. The second-order valence-electron chi connectivity index (χ2n) is 5.61. The topological polar surface area (TPSA) is 52.1 Å². The molecule has 0 radical (unpaired) electrons. The third kappa shape index (κ3) is 3.41. The first kappa shape index (κ1) is 15.5. The van der Waals surface area contributed by atoms with E-state index in [2.05, 4.69) is 8.75 Å². The van der Waals surface area contributed by atoms with Crippen LogP contribution in [0.15, 0.2) is 72.8 Å². The summed E-state index contributed by atoms with van der Waals surface area (Å²) in [6.45, 7) is 0.273. The predicted molar refractivity (Wildman–Crippen MR) is 98.4 cm³/mol. The molecule has 1 heterocycles. The van der Waals surface area contributed by atoms with Gasteiger partial charge in [-0.3, -0.25) is 0 Å². The summed E-state index contributed by atoms with van der Waals surface area (Å²) in [6, 6.07) is 23.0. The van der Waals surface area contributed by atoms with E-state index in [9.17, 15) is 4.79 Å². The number of aromatic nitrogens is 2. The molecule has 3 aromatic carbocycles. The van der Waals surface area contributed by atoms with Crippen LogP contribution in [0.5, 0.6) is 0 Å². The number of hydrogen-bond acceptors (Lipinski definition) is 5. The fourth-order valence-electron chi connectivity index (χ4n) is 2.57. The van der Waals surface area contributed by atoms with E-state index in [4.69, 9.17) is 4.74 Å². The number of esters is 1. The van der Waals surface area contributed by atoms with E-state index in [0.29, 0.717) is 5.56 Å². The van der Waals surface area contributed by atoms with E-state index in [1.807, 2.05) is 60.7 Å². The highest BCUT2D eigenvalue weighted by molar-refractivity contribution is 7.00. The molecule has 0 unspecified atom stereocenters. The molecule has 0 N–H and O–H groups in total. The van der Waals surface area contributed by atoms with Crippen molar-refractivity contribution in [2.75, 3.05) is 0 Å². The van der Waals surface area contributed by atoms with Gasteiger partial charge < -0.3 is 4.74 Å². The van der Waals surface area contributed by atoms with Crippen molar-refractivity contribution in [1.29, 1.82) is 0 Å². The first-order valence-corrected chi connectivity index (χ1v) is 8.56. The Bertz CT molecular complexity index is 1010. The van der Waals surface area contributed by atoms with Crippen LogP contribution in [0.25, 0.3) is 22.2 Å². The molecule has 5 heteroatoms. The van der Waals surface area contributed by atoms with Gasteiger partial charge >= 0.3 is 5.97 Å². The van der Waals surface area contributed by atoms with Gasteiger partial charge in [0.2, 0.25) is 0 Å². The number of fused-ring (bicyclic) bond motifs is 1. The van der Waals surface area contributed by atoms with Gasteiger partial charge in [-0.15, -0.1) is 0 Å². The van der Waals surface area contributed by atoms with Crippen LogP contribution in [0.2, 0.25) is 0 Å². The molecule has 0 atom stereocenters. The van der Waals surface area contributed by atoms with E-state index in [1.165, 1.54) is 11.7 Å². The highest BCUT2D eigenvalue weighted by Crippen LogP contribution is 2.24. The zero-order valence-corrected chi connectivity index (χ0v) is 14.1. The predicted octanol–water partition coefficient (Wildman–Crippen LogP) is 4.72. The van der Waals surface area contributed by atoms with Gasteiger partial charge in [-0.05, 0) is 41.0 Å². The molecule has 0 saturated heterocycles. The smallest absolute Gasteiger partial charge is 0.338 e. The number of benzene rings is 3. The monoisotopic (exact) mass is 346 g/mol. The van der Waals surface area contributed by atoms with Gasteiger partial charge in [0.05, 0.1) is 17.3 Å². The lowest BCUT2D eigenvalue weighted by Crippen LogP contribution is -2.05. The molecule has 0 aliphatic carbocycles. The van der Waals surface area contributed by atoms with Crippen LogP contribution < -0.4 is 0 Å². The van der Waals surface area contributed by atoms with Crippen molar-refractivity contribution in [3.63, 3.8) is 0 Å². The maximum Gasteiger partial charge on any atom is 0.338 e. The summed E-state index contributed by atoms with van der Waals surface area (Å²) in [4.78, 5) is 12.2. The molecule has 25 heavy (non-hydrogen) atoms. The zero-order valence-electron chi connectivity index (χ0n) is 13.3. The van der Waals surface area contributed by atoms with Crippen LogP contribution in [0.1, 0.15) is 15.9 Å². The lowest BCUT2D eigenvalue weighted by molar-refractivity contribution is 0.0473. The third-order valence-electron chi connectivity index (χ3n) is 3.92. The molecule has 0 amide bonds. The summed E-state index contributed by atoms with van der Waals surface area (Å²) in [5, 5.41) is 0. The quantitative estimate of drug-likeness (QED) is 0.502. The van der Waals surface area contributed by atoms with Crippen LogP contribution in [0.3, 0.4) is 0 Å². The Morgan fingerprint density at radius 3 is 2.36 bits per heavy atom. The highest BCUT2D eigenvalue weighted by atomic mass is 32.1. The number of nitrogens with zero attached hydrogens (tertiary/aromatic N) is 2. The Kier molecular flexibility index (Phi) is 4.23. The van der Waals surface area contributed by atoms with Crippen molar-refractivity contribution in [1.82, 2.24) is 8.75 Å². The molecule has 4 rings (SSSR count). The molecule has 4 nitrogen and oxygen atoms in total. The average Bonchev–Trinajstić information content (AvgIpc) is 3.15. The van der Waals surface area contributed by atoms with Crippen molar-refractivity contribution in [3.8, 4) is 11.1 Å². The molecule has 0 spiro atoms. The maximum absolute atomic E-state index is 12.2. The SMILES string of the molecule is O=C(OCc1ccccc1)c1ccc(-c2ccc3nsnc3c2)cc1. The van der Waals surface area contributed by atoms with Gasteiger partial charge in [0.15, 0.2) is 0 Å². The summed E-state index contributed by atoms with van der Waals surface area (Å²) in [5.41, 5.74) is 5.36. The minimum Gasteiger partial charge on any atom is -0.457 e. The number of ether oxygens (including phenoxy) is 1. The molecular formula is C20H14N2O2S. The second-order valence-corrected chi connectivity index (χ2v) is 6.14. The van der Waals surface area contributed by atoms with Crippen LogP contribution in [0.4, 0.5) is 0 Å². The fraction of sp³-hybridized carbons (Fsp3) is 0.0500. The van der Waals surface area contributed by atoms with Crippen molar-refractivity contribution >= 4 is 28.7 Å². The van der Waals surface area contributed by atoms with E-state index < -0.39 is 0 Å². The number of carbonyl (C=O) groups is 1. The summed E-state index contributed by atoms with van der Waals surface area (Å²) in [6.07, 6.45) is 0. The van der Waals surface area contributed by atoms with E-state index >= 15 is 0 Å². The lowest BCUT2D eigenvalue weighted by Gasteiger charge is -2.06. The van der Waals surface area contributed by atoms with Gasteiger partial charge in [0.25, 0.3) is 0 Å². The summed E-state index contributed by atoms with van der Waals surface area (Å²) >= 11 is 1.21. The average molecular weight is 346 g/mol. The molecule has 0 bridgehead atoms. The van der Waals surface area contributed by atoms with Crippen molar-refractivity contribution in [3.05, 3.63) is 83.9 Å². The highest BCUT2D eigenvalue weighted by Gasteiger charge is 2.08. The lowest BCUT2D eigenvalue weighted by atomic mass is 10.0. The van der Waals surface area contributed by atoms with Crippen LogP contribution in [-0.2, 0) is 11.3 Å². The molecule has 122 valence electrons. The Balaban J connectivity index is 1.48.